The lowest BCUT2D eigenvalue weighted by atomic mass is 10.2. The highest BCUT2D eigenvalue weighted by Gasteiger charge is 2.15. The lowest BCUT2D eigenvalue weighted by Gasteiger charge is -2.11. The molecular weight excluding hydrogens is 426 g/mol. The third kappa shape index (κ3) is 6.58. The van der Waals surface area contributed by atoms with Crippen LogP contribution in [0, 0.1) is 0 Å². The van der Waals surface area contributed by atoms with E-state index in [1.165, 1.54) is 11.8 Å². The fraction of sp³-hybridized carbons (Fsp3) is 0.304. The molecule has 1 aromatic heterocycles. The molecule has 3 rings (SSSR count). The summed E-state index contributed by atoms with van der Waals surface area (Å²) in [4.78, 5) is 24.8. The molecule has 0 radical (unpaired) electrons. The number of para-hydroxylation sites is 1. The SMILES string of the molecule is CCCCn1c(CNC(=O)c2ccc(OC)cc2)nnc1SCC(=O)Nc1ccccc1. The molecule has 0 aliphatic heterocycles. The number of thioether (sulfide) groups is 1. The molecule has 0 fully saturated rings. The smallest absolute Gasteiger partial charge is 0.251 e. The number of benzene rings is 2. The highest BCUT2D eigenvalue weighted by atomic mass is 32.2. The lowest BCUT2D eigenvalue weighted by molar-refractivity contribution is -0.113. The maximum absolute atomic E-state index is 12.5. The number of rotatable bonds is 11. The molecule has 1 heterocycles. The van der Waals surface area contributed by atoms with E-state index in [1.54, 1.807) is 31.4 Å². The van der Waals surface area contributed by atoms with Crippen molar-refractivity contribution >= 4 is 29.3 Å². The van der Waals surface area contributed by atoms with Crippen LogP contribution in [0.2, 0.25) is 0 Å². The predicted octanol–water partition coefficient (Wildman–Crippen LogP) is 3.75. The molecule has 0 aliphatic carbocycles. The maximum Gasteiger partial charge on any atom is 0.251 e. The molecule has 2 N–H and O–H groups in total. The van der Waals surface area contributed by atoms with Gasteiger partial charge in [-0.05, 0) is 42.8 Å². The maximum atomic E-state index is 12.5. The highest BCUT2D eigenvalue weighted by Crippen LogP contribution is 2.19. The number of carbonyl (C=O) groups excluding carboxylic acids is 2. The number of anilines is 1. The average Bonchev–Trinajstić information content (AvgIpc) is 3.22. The Balaban J connectivity index is 1.60. The van der Waals surface area contributed by atoms with Crippen LogP contribution in [0.15, 0.2) is 59.8 Å². The van der Waals surface area contributed by atoms with Crippen molar-refractivity contribution in [3.63, 3.8) is 0 Å². The summed E-state index contributed by atoms with van der Waals surface area (Å²) in [5, 5.41) is 14.9. The van der Waals surface area contributed by atoms with Crippen molar-refractivity contribution in [3.05, 3.63) is 66.0 Å². The van der Waals surface area contributed by atoms with Gasteiger partial charge in [-0.2, -0.15) is 0 Å². The molecule has 0 saturated heterocycles. The molecule has 2 amide bonds. The first-order valence-electron chi connectivity index (χ1n) is 10.4. The number of carbonyl (C=O) groups is 2. The molecule has 32 heavy (non-hydrogen) atoms. The third-order valence-electron chi connectivity index (χ3n) is 4.68. The van der Waals surface area contributed by atoms with Crippen molar-refractivity contribution in [2.24, 2.45) is 0 Å². The van der Waals surface area contributed by atoms with Crippen LogP contribution in [-0.4, -0.2) is 39.4 Å². The minimum Gasteiger partial charge on any atom is -0.497 e. The summed E-state index contributed by atoms with van der Waals surface area (Å²) in [6, 6.07) is 16.2. The topological polar surface area (TPSA) is 98.1 Å². The van der Waals surface area contributed by atoms with E-state index in [9.17, 15) is 9.59 Å². The average molecular weight is 454 g/mol. The summed E-state index contributed by atoms with van der Waals surface area (Å²) >= 11 is 1.33. The van der Waals surface area contributed by atoms with Crippen molar-refractivity contribution in [3.8, 4) is 5.75 Å². The summed E-state index contributed by atoms with van der Waals surface area (Å²) in [7, 11) is 1.58. The van der Waals surface area contributed by atoms with E-state index in [2.05, 4.69) is 27.8 Å². The Hall–Kier alpha value is -3.33. The second kappa shape index (κ2) is 11.9. The van der Waals surface area contributed by atoms with Crippen molar-refractivity contribution in [1.29, 1.82) is 0 Å². The third-order valence-corrected chi connectivity index (χ3v) is 5.64. The van der Waals surface area contributed by atoms with Gasteiger partial charge in [0.1, 0.15) is 5.75 Å². The number of hydrogen-bond acceptors (Lipinski definition) is 6. The van der Waals surface area contributed by atoms with E-state index in [-0.39, 0.29) is 24.1 Å². The Kier molecular flexibility index (Phi) is 8.68. The van der Waals surface area contributed by atoms with Gasteiger partial charge in [0.25, 0.3) is 5.91 Å². The van der Waals surface area contributed by atoms with Gasteiger partial charge in [-0.15, -0.1) is 10.2 Å². The molecule has 2 aromatic carbocycles. The van der Waals surface area contributed by atoms with Crippen LogP contribution in [0.5, 0.6) is 5.75 Å². The summed E-state index contributed by atoms with van der Waals surface area (Å²) in [6.45, 7) is 3.08. The van der Waals surface area contributed by atoms with Crippen LogP contribution < -0.4 is 15.4 Å². The van der Waals surface area contributed by atoms with Crippen molar-refractivity contribution < 1.29 is 14.3 Å². The molecule has 9 heteroatoms. The van der Waals surface area contributed by atoms with E-state index in [0.717, 1.165) is 25.1 Å². The highest BCUT2D eigenvalue weighted by molar-refractivity contribution is 7.99. The largest absolute Gasteiger partial charge is 0.497 e. The monoisotopic (exact) mass is 453 g/mol. The molecule has 0 bridgehead atoms. The Labute approximate surface area is 191 Å². The van der Waals surface area contributed by atoms with Gasteiger partial charge in [0, 0.05) is 17.8 Å². The van der Waals surface area contributed by atoms with Gasteiger partial charge in [-0.1, -0.05) is 43.3 Å². The molecule has 0 unspecified atom stereocenters. The molecule has 0 spiro atoms. The summed E-state index contributed by atoms with van der Waals surface area (Å²) < 4.78 is 7.09. The van der Waals surface area contributed by atoms with Crippen LogP contribution in [0.25, 0.3) is 0 Å². The minimum atomic E-state index is -0.200. The normalized spacial score (nSPS) is 10.6. The predicted molar refractivity (Wildman–Crippen MR) is 125 cm³/mol. The molecule has 0 atom stereocenters. The van der Waals surface area contributed by atoms with Gasteiger partial charge in [0.15, 0.2) is 11.0 Å². The molecule has 0 aliphatic rings. The van der Waals surface area contributed by atoms with E-state index in [0.29, 0.717) is 22.3 Å². The van der Waals surface area contributed by atoms with Crippen molar-refractivity contribution in [2.75, 3.05) is 18.2 Å². The number of nitrogens with zero attached hydrogens (tertiary/aromatic N) is 3. The first-order valence-corrected chi connectivity index (χ1v) is 11.4. The Morgan fingerprint density at radius 3 is 2.50 bits per heavy atom. The Bertz CT molecular complexity index is 1020. The quantitative estimate of drug-likeness (QED) is 0.429. The molecule has 168 valence electrons. The van der Waals surface area contributed by atoms with Crippen LogP contribution in [-0.2, 0) is 17.9 Å². The van der Waals surface area contributed by atoms with Crippen molar-refractivity contribution in [1.82, 2.24) is 20.1 Å². The van der Waals surface area contributed by atoms with Crippen molar-refractivity contribution in [2.45, 2.75) is 38.0 Å². The van der Waals surface area contributed by atoms with E-state index in [4.69, 9.17) is 4.74 Å². The van der Waals surface area contributed by atoms with Gasteiger partial charge in [0.2, 0.25) is 5.91 Å². The minimum absolute atomic E-state index is 0.111. The van der Waals surface area contributed by atoms with Gasteiger partial charge >= 0.3 is 0 Å². The number of ether oxygens (including phenoxy) is 1. The zero-order chi connectivity index (χ0) is 22.8. The molecule has 3 aromatic rings. The fourth-order valence-electron chi connectivity index (χ4n) is 2.95. The van der Waals surface area contributed by atoms with E-state index < -0.39 is 0 Å². The first-order chi connectivity index (χ1) is 15.6. The second-order valence-electron chi connectivity index (χ2n) is 7.02. The number of nitrogens with one attached hydrogen (secondary N) is 2. The van der Waals surface area contributed by atoms with Gasteiger partial charge < -0.3 is 19.9 Å². The summed E-state index contributed by atoms with van der Waals surface area (Å²) in [6.07, 6.45) is 1.95. The number of methoxy groups -OCH3 is 1. The van der Waals surface area contributed by atoms with Crippen LogP contribution >= 0.6 is 11.8 Å². The summed E-state index contributed by atoms with van der Waals surface area (Å²) in [5.41, 5.74) is 1.30. The lowest BCUT2D eigenvalue weighted by Crippen LogP contribution is -2.25. The van der Waals surface area contributed by atoms with E-state index >= 15 is 0 Å². The van der Waals surface area contributed by atoms with Gasteiger partial charge in [0.05, 0.1) is 19.4 Å². The van der Waals surface area contributed by atoms with Crippen LogP contribution in [0.3, 0.4) is 0 Å². The number of unbranched alkanes of at least 4 members (excludes halogenated alkanes) is 1. The van der Waals surface area contributed by atoms with E-state index in [1.807, 2.05) is 34.9 Å². The number of amides is 2. The molecule has 0 saturated carbocycles. The van der Waals surface area contributed by atoms with Crippen LogP contribution in [0.4, 0.5) is 5.69 Å². The second-order valence-corrected chi connectivity index (χ2v) is 7.96. The zero-order valence-electron chi connectivity index (χ0n) is 18.2. The first kappa shape index (κ1) is 23.3. The summed E-state index contributed by atoms with van der Waals surface area (Å²) in [5.74, 6) is 1.26. The van der Waals surface area contributed by atoms with Crippen LogP contribution in [0.1, 0.15) is 35.9 Å². The Morgan fingerprint density at radius 2 is 1.81 bits per heavy atom. The van der Waals surface area contributed by atoms with Gasteiger partial charge in [-0.25, -0.2) is 0 Å². The number of hydrogen-bond donors (Lipinski definition) is 2. The Morgan fingerprint density at radius 1 is 1.06 bits per heavy atom. The fourth-order valence-corrected chi connectivity index (χ4v) is 3.73. The van der Waals surface area contributed by atoms with Gasteiger partial charge in [-0.3, -0.25) is 9.59 Å². The standard InChI is InChI=1S/C23H27N5O3S/c1-3-4-14-28-20(15-24-22(30)17-10-12-19(31-2)13-11-17)26-27-23(28)32-16-21(29)25-18-8-6-5-7-9-18/h5-13H,3-4,14-16H2,1-2H3,(H,24,30)(H,25,29). The molecule has 8 nitrogen and oxygen atoms in total. The zero-order valence-corrected chi connectivity index (χ0v) is 19.0. The molecular formula is C23H27N5O3S. The number of aromatic nitrogens is 3.